The molecule has 0 unspecified atom stereocenters. The summed E-state index contributed by atoms with van der Waals surface area (Å²) in [5, 5.41) is 0.0828. The van der Waals surface area contributed by atoms with Gasteiger partial charge in [0.05, 0.1) is 10.9 Å². The third-order valence-electron chi connectivity index (χ3n) is 3.96. The standard InChI is InChI=1S/C18H18N2O3S/c1-9-15(11(3)21)10(2)19-16(9)17(22)12(4)24-18-20-13-7-5-6-8-14(13)23-18/h5-8,12,19H,1-4H3/t12-/m0/s1. The molecule has 0 aliphatic carbocycles. The van der Waals surface area contributed by atoms with E-state index in [0.29, 0.717) is 27.6 Å². The average molecular weight is 342 g/mol. The Balaban J connectivity index is 1.84. The monoisotopic (exact) mass is 342 g/mol. The third kappa shape index (κ3) is 2.89. The van der Waals surface area contributed by atoms with Crippen LogP contribution in [-0.2, 0) is 0 Å². The number of H-pyrrole nitrogens is 1. The van der Waals surface area contributed by atoms with E-state index in [9.17, 15) is 9.59 Å². The van der Waals surface area contributed by atoms with Crippen LogP contribution in [0.25, 0.3) is 11.1 Å². The van der Waals surface area contributed by atoms with Gasteiger partial charge in [0, 0.05) is 11.3 Å². The van der Waals surface area contributed by atoms with Crippen molar-refractivity contribution in [3.05, 3.63) is 46.8 Å². The molecule has 2 heterocycles. The van der Waals surface area contributed by atoms with Crippen LogP contribution in [-0.4, -0.2) is 26.8 Å². The Hall–Kier alpha value is -2.34. The Morgan fingerprint density at radius 2 is 1.96 bits per heavy atom. The Labute approximate surface area is 143 Å². The van der Waals surface area contributed by atoms with Crippen LogP contribution in [0.2, 0.25) is 0 Å². The number of fused-ring (bicyclic) bond motifs is 1. The Morgan fingerprint density at radius 1 is 1.25 bits per heavy atom. The lowest BCUT2D eigenvalue weighted by molar-refractivity contribution is 0.0988. The largest absolute Gasteiger partial charge is 0.431 e. The number of oxazole rings is 1. The Kier molecular flexibility index (Phi) is 4.32. The number of hydrogen-bond acceptors (Lipinski definition) is 5. The van der Waals surface area contributed by atoms with Gasteiger partial charge in [-0.3, -0.25) is 9.59 Å². The van der Waals surface area contributed by atoms with Crippen LogP contribution >= 0.6 is 11.8 Å². The molecule has 0 aliphatic rings. The summed E-state index contributed by atoms with van der Waals surface area (Å²) in [7, 11) is 0. The lowest BCUT2D eigenvalue weighted by Gasteiger charge is -2.07. The van der Waals surface area contributed by atoms with Crippen molar-refractivity contribution in [3.8, 4) is 0 Å². The first-order valence-corrected chi connectivity index (χ1v) is 8.53. The molecule has 124 valence electrons. The first-order valence-electron chi connectivity index (χ1n) is 7.65. The molecular formula is C18H18N2O3S. The summed E-state index contributed by atoms with van der Waals surface area (Å²) >= 11 is 1.27. The van der Waals surface area contributed by atoms with Gasteiger partial charge in [0.1, 0.15) is 5.52 Å². The van der Waals surface area contributed by atoms with E-state index in [0.717, 1.165) is 11.2 Å². The molecule has 1 aromatic carbocycles. The lowest BCUT2D eigenvalue weighted by atomic mass is 10.0. The molecule has 0 radical (unpaired) electrons. The highest BCUT2D eigenvalue weighted by molar-refractivity contribution is 8.00. The fourth-order valence-electron chi connectivity index (χ4n) is 2.83. The first kappa shape index (κ1) is 16.5. The SMILES string of the molecule is CC(=O)c1c(C)[nH]c(C(=O)[C@H](C)Sc2nc3ccccc3o2)c1C. The minimum Gasteiger partial charge on any atom is -0.431 e. The number of ketones is 2. The molecule has 1 N–H and O–H groups in total. The number of aromatic nitrogens is 2. The van der Waals surface area contributed by atoms with E-state index in [4.69, 9.17) is 4.42 Å². The van der Waals surface area contributed by atoms with Gasteiger partial charge in [-0.2, -0.15) is 0 Å². The van der Waals surface area contributed by atoms with E-state index >= 15 is 0 Å². The summed E-state index contributed by atoms with van der Waals surface area (Å²) in [6.45, 7) is 6.92. The molecular weight excluding hydrogens is 324 g/mol. The molecule has 0 aliphatic heterocycles. The highest BCUT2D eigenvalue weighted by Gasteiger charge is 2.25. The van der Waals surface area contributed by atoms with Crippen molar-refractivity contribution < 1.29 is 14.0 Å². The van der Waals surface area contributed by atoms with Crippen molar-refractivity contribution >= 4 is 34.4 Å². The Bertz CT molecular complexity index is 906. The van der Waals surface area contributed by atoms with Crippen LogP contribution in [0.5, 0.6) is 0 Å². The maximum atomic E-state index is 12.7. The predicted molar refractivity (Wildman–Crippen MR) is 93.9 cm³/mol. The second-order valence-corrected chi connectivity index (χ2v) is 7.05. The molecule has 0 amide bonds. The van der Waals surface area contributed by atoms with E-state index in [1.165, 1.54) is 18.7 Å². The molecule has 0 saturated heterocycles. The number of nitrogens with zero attached hydrogens (tertiary/aromatic N) is 1. The third-order valence-corrected chi connectivity index (χ3v) is 4.90. The molecule has 3 aromatic rings. The summed E-state index contributed by atoms with van der Waals surface area (Å²) in [4.78, 5) is 31.9. The molecule has 0 saturated carbocycles. The molecule has 5 nitrogen and oxygen atoms in total. The van der Waals surface area contributed by atoms with E-state index in [-0.39, 0.29) is 16.8 Å². The number of benzene rings is 1. The summed E-state index contributed by atoms with van der Waals surface area (Å²) in [5.74, 6) is -0.116. The number of rotatable bonds is 5. The number of para-hydroxylation sites is 2. The molecule has 0 spiro atoms. The van der Waals surface area contributed by atoms with E-state index in [2.05, 4.69) is 9.97 Å². The van der Waals surface area contributed by atoms with Gasteiger partial charge >= 0.3 is 0 Å². The fraction of sp³-hybridized carbons (Fsp3) is 0.278. The van der Waals surface area contributed by atoms with Gasteiger partial charge in [-0.1, -0.05) is 23.9 Å². The van der Waals surface area contributed by atoms with E-state index in [1.54, 1.807) is 13.8 Å². The Morgan fingerprint density at radius 3 is 2.58 bits per heavy atom. The van der Waals surface area contributed by atoms with Crippen molar-refractivity contribution in [1.82, 2.24) is 9.97 Å². The van der Waals surface area contributed by atoms with Gasteiger partial charge in [-0.05, 0) is 45.4 Å². The van der Waals surface area contributed by atoms with Gasteiger partial charge in [-0.25, -0.2) is 4.98 Å². The highest BCUT2D eigenvalue weighted by Crippen LogP contribution is 2.29. The average Bonchev–Trinajstić information content (AvgIpc) is 3.06. The smallest absolute Gasteiger partial charge is 0.257 e. The molecule has 24 heavy (non-hydrogen) atoms. The molecule has 0 bridgehead atoms. The maximum Gasteiger partial charge on any atom is 0.257 e. The van der Waals surface area contributed by atoms with Crippen LogP contribution in [0.3, 0.4) is 0 Å². The molecule has 6 heteroatoms. The quantitative estimate of drug-likeness (QED) is 0.551. The van der Waals surface area contributed by atoms with Crippen LogP contribution in [0.1, 0.15) is 46.0 Å². The summed E-state index contributed by atoms with van der Waals surface area (Å²) < 4.78 is 5.66. The van der Waals surface area contributed by atoms with E-state index in [1.807, 2.05) is 31.2 Å². The molecule has 1 atom stereocenters. The van der Waals surface area contributed by atoms with Crippen LogP contribution in [0, 0.1) is 13.8 Å². The fourth-order valence-corrected chi connectivity index (χ4v) is 3.65. The van der Waals surface area contributed by atoms with Crippen molar-refractivity contribution in [1.29, 1.82) is 0 Å². The topological polar surface area (TPSA) is 76.0 Å². The summed E-state index contributed by atoms with van der Waals surface area (Å²) in [6, 6.07) is 7.48. The normalized spacial score (nSPS) is 12.5. The second kappa shape index (κ2) is 6.28. The lowest BCUT2D eigenvalue weighted by Crippen LogP contribution is -2.15. The first-order chi connectivity index (χ1) is 11.4. The number of carbonyl (C=O) groups excluding carboxylic acids is 2. The summed E-state index contributed by atoms with van der Waals surface area (Å²) in [6.07, 6.45) is 0. The molecule has 0 fully saturated rings. The van der Waals surface area contributed by atoms with Crippen LogP contribution in [0.4, 0.5) is 0 Å². The van der Waals surface area contributed by atoms with Crippen molar-refractivity contribution in [2.24, 2.45) is 0 Å². The van der Waals surface area contributed by atoms with Gasteiger partial charge in [0.25, 0.3) is 5.22 Å². The molecule has 3 rings (SSSR count). The minimum atomic E-state index is -0.380. The van der Waals surface area contributed by atoms with Crippen LogP contribution < -0.4 is 0 Å². The minimum absolute atomic E-state index is 0.0421. The van der Waals surface area contributed by atoms with Crippen molar-refractivity contribution in [2.75, 3.05) is 0 Å². The number of nitrogens with one attached hydrogen (secondary N) is 1. The van der Waals surface area contributed by atoms with E-state index < -0.39 is 0 Å². The van der Waals surface area contributed by atoms with Gasteiger partial charge < -0.3 is 9.40 Å². The summed E-state index contributed by atoms with van der Waals surface area (Å²) in [5.41, 5.74) is 3.97. The zero-order valence-corrected chi connectivity index (χ0v) is 14.8. The van der Waals surface area contributed by atoms with Gasteiger partial charge in [0.2, 0.25) is 0 Å². The van der Waals surface area contributed by atoms with Crippen molar-refractivity contribution in [3.63, 3.8) is 0 Å². The zero-order valence-electron chi connectivity index (χ0n) is 14.0. The predicted octanol–water partition coefficient (Wildman–Crippen LogP) is 4.34. The molecule has 2 aromatic heterocycles. The number of thioether (sulfide) groups is 1. The number of Topliss-reactive ketones (excluding diaryl/α,β-unsaturated/α-hetero) is 2. The van der Waals surface area contributed by atoms with Crippen molar-refractivity contribution in [2.45, 2.75) is 38.2 Å². The number of aromatic amines is 1. The highest BCUT2D eigenvalue weighted by atomic mass is 32.2. The number of hydrogen-bond donors (Lipinski definition) is 1. The van der Waals surface area contributed by atoms with Gasteiger partial charge in [-0.15, -0.1) is 0 Å². The zero-order chi connectivity index (χ0) is 17.4. The van der Waals surface area contributed by atoms with Gasteiger partial charge in [0.15, 0.2) is 17.1 Å². The second-order valence-electron chi connectivity index (χ2n) is 5.75. The number of aryl methyl sites for hydroxylation is 1. The number of carbonyl (C=O) groups is 2. The maximum absolute atomic E-state index is 12.7. The van der Waals surface area contributed by atoms with Crippen LogP contribution in [0.15, 0.2) is 33.9 Å².